The van der Waals surface area contributed by atoms with Crippen molar-refractivity contribution in [1.82, 2.24) is 15.3 Å². The highest BCUT2D eigenvalue weighted by Crippen LogP contribution is 2.35. The van der Waals surface area contributed by atoms with Gasteiger partial charge in [-0.25, -0.2) is 4.39 Å². The van der Waals surface area contributed by atoms with Gasteiger partial charge in [0.2, 0.25) is 0 Å². The summed E-state index contributed by atoms with van der Waals surface area (Å²) in [6.07, 6.45) is 3.54. The molecule has 7 heteroatoms. The Morgan fingerprint density at radius 3 is 2.86 bits per heavy atom. The van der Waals surface area contributed by atoms with E-state index in [2.05, 4.69) is 15.3 Å². The van der Waals surface area contributed by atoms with Crippen molar-refractivity contribution in [2.24, 2.45) is 4.99 Å². The summed E-state index contributed by atoms with van der Waals surface area (Å²) in [6.45, 7) is 3.79. The average molecular weight is 382 g/mol. The second-order valence-electron chi connectivity index (χ2n) is 6.98. The van der Waals surface area contributed by atoms with Gasteiger partial charge >= 0.3 is 0 Å². The molecule has 28 heavy (non-hydrogen) atoms. The van der Waals surface area contributed by atoms with Crippen LogP contribution >= 0.6 is 0 Å². The van der Waals surface area contributed by atoms with Gasteiger partial charge < -0.3 is 20.1 Å². The Bertz CT molecular complexity index is 1040. The van der Waals surface area contributed by atoms with E-state index in [-0.39, 0.29) is 11.9 Å². The van der Waals surface area contributed by atoms with Crippen LogP contribution in [0.25, 0.3) is 22.2 Å². The first-order valence-electron chi connectivity index (χ1n) is 9.37. The smallest absolute Gasteiger partial charge is 0.198 e. The van der Waals surface area contributed by atoms with E-state index in [1.807, 2.05) is 6.92 Å². The first kappa shape index (κ1) is 18.4. The molecular weight excluding hydrogens is 359 g/mol. The second kappa shape index (κ2) is 7.59. The molecule has 3 aromatic rings. The van der Waals surface area contributed by atoms with Crippen LogP contribution < -0.4 is 10.1 Å². The number of aromatic nitrogens is 2. The topological polar surface area (TPSA) is 82.5 Å². The highest BCUT2D eigenvalue weighted by molar-refractivity contribution is 6.12. The summed E-state index contributed by atoms with van der Waals surface area (Å²) < 4.78 is 19.8. The van der Waals surface area contributed by atoms with Crippen LogP contribution in [-0.4, -0.2) is 47.0 Å². The zero-order chi connectivity index (χ0) is 19.7. The molecule has 1 saturated heterocycles. The Kier molecular flexibility index (Phi) is 5.00. The van der Waals surface area contributed by atoms with E-state index in [9.17, 15) is 9.50 Å². The fraction of sp³-hybridized carbons (Fsp3) is 0.333. The Balaban J connectivity index is 1.82. The first-order valence-corrected chi connectivity index (χ1v) is 9.37. The molecule has 1 aliphatic rings. The molecule has 146 valence electrons. The maximum absolute atomic E-state index is 14.5. The highest BCUT2D eigenvalue weighted by atomic mass is 19.1. The number of benzene rings is 1. The van der Waals surface area contributed by atoms with Crippen LogP contribution in [0.15, 0.2) is 35.5 Å². The van der Waals surface area contributed by atoms with E-state index in [0.717, 1.165) is 37.0 Å². The molecule has 4 rings (SSSR count). The molecule has 1 aromatic carbocycles. The molecular formula is C21H23FN4O2. The number of hydrogen-bond donors (Lipinski definition) is 3. The van der Waals surface area contributed by atoms with E-state index in [1.54, 1.807) is 24.4 Å². The summed E-state index contributed by atoms with van der Waals surface area (Å²) in [5.41, 5.74) is 2.80. The predicted molar refractivity (Wildman–Crippen MR) is 108 cm³/mol. The number of rotatable bonds is 4. The zero-order valence-corrected chi connectivity index (χ0v) is 15.9. The monoisotopic (exact) mass is 382 g/mol. The minimum Gasteiger partial charge on any atom is -0.496 e. The number of aromatic hydroxyl groups is 1. The molecule has 6 nitrogen and oxygen atoms in total. The lowest BCUT2D eigenvalue weighted by molar-refractivity contribution is 0.413. The zero-order valence-electron chi connectivity index (χ0n) is 15.9. The lowest BCUT2D eigenvalue weighted by atomic mass is 10.0. The van der Waals surface area contributed by atoms with Crippen LogP contribution in [0.4, 0.5) is 4.39 Å². The highest BCUT2D eigenvalue weighted by Gasteiger charge is 2.20. The number of methoxy groups -OCH3 is 1. The molecule has 3 N–H and O–H groups in total. The molecule has 0 amide bonds. The van der Waals surface area contributed by atoms with E-state index >= 15 is 0 Å². The molecule has 0 bridgehead atoms. The van der Waals surface area contributed by atoms with Gasteiger partial charge in [0.05, 0.1) is 41.7 Å². The van der Waals surface area contributed by atoms with Crippen molar-refractivity contribution < 1.29 is 14.2 Å². The van der Waals surface area contributed by atoms with Crippen LogP contribution in [0.5, 0.6) is 11.6 Å². The molecule has 1 fully saturated rings. The number of halogens is 1. The SMILES string of the molecule is COc1cccc(F)c1-c1cc2c(C(C)=NC3CCNCC3)c(O)[nH]c2cn1. The van der Waals surface area contributed by atoms with Crippen molar-refractivity contribution in [1.29, 1.82) is 0 Å². The molecule has 0 atom stereocenters. The minimum absolute atomic E-state index is 0.0460. The van der Waals surface area contributed by atoms with Crippen LogP contribution in [0.2, 0.25) is 0 Å². The fourth-order valence-electron chi connectivity index (χ4n) is 3.78. The van der Waals surface area contributed by atoms with Crippen LogP contribution in [0.3, 0.4) is 0 Å². The van der Waals surface area contributed by atoms with Crippen molar-refractivity contribution in [2.45, 2.75) is 25.8 Å². The van der Waals surface area contributed by atoms with E-state index in [1.165, 1.54) is 13.2 Å². The van der Waals surface area contributed by atoms with Crippen molar-refractivity contribution in [3.05, 3.63) is 41.8 Å². The number of nitrogens with one attached hydrogen (secondary N) is 2. The largest absolute Gasteiger partial charge is 0.496 e. The molecule has 1 aliphatic heterocycles. The predicted octanol–water partition coefficient (Wildman–Crippen LogP) is 3.64. The first-order chi connectivity index (χ1) is 13.6. The normalized spacial score (nSPS) is 15.9. The number of piperidine rings is 1. The van der Waals surface area contributed by atoms with E-state index in [4.69, 9.17) is 9.73 Å². The third-order valence-corrected chi connectivity index (χ3v) is 5.16. The van der Waals surface area contributed by atoms with Gasteiger partial charge in [0.1, 0.15) is 11.6 Å². The maximum atomic E-state index is 14.5. The molecule has 2 aromatic heterocycles. The van der Waals surface area contributed by atoms with Crippen LogP contribution in [-0.2, 0) is 0 Å². The summed E-state index contributed by atoms with van der Waals surface area (Å²) in [5, 5.41) is 14.6. The molecule has 0 unspecified atom stereocenters. The van der Waals surface area contributed by atoms with Gasteiger partial charge in [0, 0.05) is 11.1 Å². The fourth-order valence-corrected chi connectivity index (χ4v) is 3.78. The third kappa shape index (κ3) is 3.33. The van der Waals surface area contributed by atoms with Crippen molar-refractivity contribution in [3.63, 3.8) is 0 Å². The summed E-state index contributed by atoms with van der Waals surface area (Å²) in [5.74, 6) is 0.0467. The number of aliphatic imine (C=N–C) groups is 1. The van der Waals surface area contributed by atoms with Gasteiger partial charge in [-0.05, 0) is 51.1 Å². The third-order valence-electron chi connectivity index (χ3n) is 5.16. The van der Waals surface area contributed by atoms with E-state index < -0.39 is 5.82 Å². The summed E-state index contributed by atoms with van der Waals surface area (Å²) in [6, 6.07) is 6.67. The number of ether oxygens (including phenoxy) is 1. The Morgan fingerprint density at radius 1 is 1.32 bits per heavy atom. The Hall–Kier alpha value is -2.93. The van der Waals surface area contributed by atoms with Crippen LogP contribution in [0, 0.1) is 5.82 Å². The molecule has 0 spiro atoms. The lowest BCUT2D eigenvalue weighted by Crippen LogP contribution is -2.30. The molecule has 3 heterocycles. The van der Waals surface area contributed by atoms with Crippen molar-refractivity contribution in [3.8, 4) is 22.9 Å². The van der Waals surface area contributed by atoms with Gasteiger partial charge in [-0.15, -0.1) is 0 Å². The number of pyridine rings is 1. The number of fused-ring (bicyclic) bond motifs is 1. The second-order valence-corrected chi connectivity index (χ2v) is 6.98. The average Bonchev–Trinajstić information content (AvgIpc) is 3.03. The number of nitrogens with zero attached hydrogens (tertiary/aromatic N) is 2. The van der Waals surface area contributed by atoms with Crippen molar-refractivity contribution in [2.75, 3.05) is 20.2 Å². The number of aromatic amines is 1. The van der Waals surface area contributed by atoms with Crippen molar-refractivity contribution >= 4 is 16.6 Å². The summed E-state index contributed by atoms with van der Waals surface area (Å²) in [4.78, 5) is 12.1. The molecule has 0 saturated carbocycles. The summed E-state index contributed by atoms with van der Waals surface area (Å²) >= 11 is 0. The van der Waals surface area contributed by atoms with Gasteiger partial charge in [-0.3, -0.25) is 9.98 Å². The number of H-pyrrole nitrogens is 1. The van der Waals surface area contributed by atoms with Gasteiger partial charge in [0.25, 0.3) is 0 Å². The quantitative estimate of drug-likeness (QED) is 0.602. The number of hydrogen-bond acceptors (Lipinski definition) is 5. The Labute approximate surface area is 162 Å². The maximum Gasteiger partial charge on any atom is 0.198 e. The Morgan fingerprint density at radius 2 is 2.11 bits per heavy atom. The standard InChI is InChI=1S/C21H23FN4O2/c1-12(25-13-6-8-23-9-7-13)19-14-10-16(24-11-17(14)26-21(19)27)20-15(22)4-3-5-18(20)28-2/h3-5,10-11,13,23,26-27H,6-9H2,1-2H3. The van der Waals surface area contributed by atoms with Gasteiger partial charge in [-0.1, -0.05) is 6.07 Å². The lowest BCUT2D eigenvalue weighted by Gasteiger charge is -2.19. The molecule has 0 aliphatic carbocycles. The van der Waals surface area contributed by atoms with Gasteiger partial charge in [0.15, 0.2) is 5.88 Å². The van der Waals surface area contributed by atoms with Gasteiger partial charge in [-0.2, -0.15) is 0 Å². The molecule has 0 radical (unpaired) electrons. The van der Waals surface area contributed by atoms with Crippen LogP contribution in [0.1, 0.15) is 25.3 Å². The van der Waals surface area contributed by atoms with E-state index in [0.29, 0.717) is 28.1 Å². The summed E-state index contributed by atoms with van der Waals surface area (Å²) in [7, 11) is 1.50. The minimum atomic E-state index is -0.410.